The Kier molecular flexibility index (Phi) is 2.59. The summed E-state index contributed by atoms with van der Waals surface area (Å²) in [6.07, 6.45) is 1.49. The number of fused-ring (bicyclic) bond motifs is 1. The zero-order valence-corrected chi connectivity index (χ0v) is 10.4. The highest BCUT2D eigenvalue weighted by Gasteiger charge is 2.31. The average Bonchev–Trinajstić information content (AvgIpc) is 2.61. The van der Waals surface area contributed by atoms with E-state index >= 15 is 0 Å². The summed E-state index contributed by atoms with van der Waals surface area (Å²) in [6, 6.07) is 6.25. The molecule has 0 saturated carbocycles. The molecule has 4 nitrogen and oxygen atoms in total. The summed E-state index contributed by atoms with van der Waals surface area (Å²) in [6.45, 7) is 3.43. The van der Waals surface area contributed by atoms with Crippen molar-refractivity contribution < 1.29 is 4.74 Å². The maximum atomic E-state index is 5.98. The molecular formula is C13H19N3O. The van der Waals surface area contributed by atoms with Crippen molar-refractivity contribution in [2.24, 2.45) is 0 Å². The van der Waals surface area contributed by atoms with E-state index in [0.29, 0.717) is 0 Å². The third kappa shape index (κ3) is 1.82. The molecule has 1 unspecified atom stereocenters. The molecule has 1 aromatic rings. The average molecular weight is 233 g/mol. The summed E-state index contributed by atoms with van der Waals surface area (Å²) in [5, 5.41) is 3.16. The minimum absolute atomic E-state index is 0.164. The van der Waals surface area contributed by atoms with Crippen molar-refractivity contribution >= 4 is 11.4 Å². The molecule has 1 saturated heterocycles. The molecular weight excluding hydrogens is 214 g/mol. The largest absolute Gasteiger partial charge is 0.467 e. The van der Waals surface area contributed by atoms with Crippen LogP contribution in [0.4, 0.5) is 11.4 Å². The van der Waals surface area contributed by atoms with Gasteiger partial charge in [0.2, 0.25) is 0 Å². The molecule has 3 rings (SSSR count). The summed E-state index contributed by atoms with van der Waals surface area (Å²) in [7, 11) is 4.05. The van der Waals surface area contributed by atoms with Gasteiger partial charge in [-0.2, -0.15) is 0 Å². The van der Waals surface area contributed by atoms with Crippen molar-refractivity contribution in [2.75, 3.05) is 43.9 Å². The van der Waals surface area contributed by atoms with Crippen LogP contribution in [0.1, 0.15) is 6.42 Å². The zero-order valence-electron chi connectivity index (χ0n) is 10.4. The SMILES string of the molecule is CNc1ccc2c(c1)N(C)C(CN1CCC1)O2. The summed E-state index contributed by atoms with van der Waals surface area (Å²) >= 11 is 0. The number of nitrogens with zero attached hydrogens (tertiary/aromatic N) is 2. The molecule has 0 aliphatic carbocycles. The predicted octanol–water partition coefficient (Wildman–Crippen LogP) is 1.59. The first-order chi connectivity index (χ1) is 8.28. The van der Waals surface area contributed by atoms with Gasteiger partial charge in [-0.15, -0.1) is 0 Å². The zero-order chi connectivity index (χ0) is 11.8. The van der Waals surface area contributed by atoms with Crippen LogP contribution in [-0.2, 0) is 0 Å². The molecule has 92 valence electrons. The minimum atomic E-state index is 0.164. The third-order valence-corrected chi connectivity index (χ3v) is 3.69. The van der Waals surface area contributed by atoms with Gasteiger partial charge in [-0.1, -0.05) is 0 Å². The Morgan fingerprint density at radius 3 is 2.88 bits per heavy atom. The highest BCUT2D eigenvalue weighted by molar-refractivity contribution is 5.68. The number of anilines is 2. The second-order valence-electron chi connectivity index (χ2n) is 4.77. The van der Waals surface area contributed by atoms with Crippen molar-refractivity contribution in [2.45, 2.75) is 12.6 Å². The maximum Gasteiger partial charge on any atom is 0.185 e. The van der Waals surface area contributed by atoms with Crippen LogP contribution in [0, 0.1) is 0 Å². The molecule has 0 amide bonds. The lowest BCUT2D eigenvalue weighted by Crippen LogP contribution is -2.47. The van der Waals surface area contributed by atoms with E-state index in [1.54, 1.807) is 0 Å². The van der Waals surface area contributed by atoms with Crippen LogP contribution in [0.25, 0.3) is 0 Å². The van der Waals surface area contributed by atoms with Crippen LogP contribution in [0.5, 0.6) is 5.75 Å². The summed E-state index contributed by atoms with van der Waals surface area (Å²) < 4.78 is 5.98. The number of benzene rings is 1. The van der Waals surface area contributed by atoms with Crippen molar-refractivity contribution in [3.63, 3.8) is 0 Å². The van der Waals surface area contributed by atoms with Gasteiger partial charge in [0.1, 0.15) is 5.75 Å². The Hall–Kier alpha value is -1.42. The topological polar surface area (TPSA) is 27.7 Å². The lowest BCUT2D eigenvalue weighted by Gasteiger charge is -2.34. The van der Waals surface area contributed by atoms with Crippen LogP contribution in [0.2, 0.25) is 0 Å². The predicted molar refractivity (Wildman–Crippen MR) is 69.9 cm³/mol. The van der Waals surface area contributed by atoms with E-state index in [1.807, 2.05) is 13.1 Å². The molecule has 1 fully saturated rings. The lowest BCUT2D eigenvalue weighted by molar-refractivity contribution is 0.105. The van der Waals surface area contributed by atoms with Gasteiger partial charge in [0.25, 0.3) is 0 Å². The number of hydrogen-bond acceptors (Lipinski definition) is 4. The first kappa shape index (κ1) is 10.7. The van der Waals surface area contributed by atoms with E-state index in [1.165, 1.54) is 25.2 Å². The molecule has 4 heteroatoms. The number of likely N-dealkylation sites (tertiary alicyclic amines) is 1. The Morgan fingerprint density at radius 2 is 2.24 bits per heavy atom. The normalized spacial score (nSPS) is 22.9. The fraction of sp³-hybridized carbons (Fsp3) is 0.538. The van der Waals surface area contributed by atoms with Gasteiger partial charge in [0.05, 0.1) is 12.2 Å². The molecule has 0 aromatic heterocycles. The van der Waals surface area contributed by atoms with Crippen LogP contribution in [-0.4, -0.2) is 44.9 Å². The van der Waals surface area contributed by atoms with Crippen LogP contribution < -0.4 is 15.0 Å². The standard InChI is InChI=1S/C13H19N3O/c1-14-10-4-5-12-11(8-10)15(2)13(17-12)9-16-6-3-7-16/h4-5,8,13-14H,3,6-7,9H2,1-2H3. The summed E-state index contributed by atoms with van der Waals surface area (Å²) in [4.78, 5) is 4.67. The molecule has 2 heterocycles. The Balaban J connectivity index is 1.76. The van der Waals surface area contributed by atoms with E-state index in [4.69, 9.17) is 4.74 Å². The number of hydrogen-bond donors (Lipinski definition) is 1. The Morgan fingerprint density at radius 1 is 1.41 bits per heavy atom. The third-order valence-electron chi connectivity index (χ3n) is 3.69. The molecule has 1 aromatic carbocycles. The van der Waals surface area contributed by atoms with E-state index < -0.39 is 0 Å². The highest BCUT2D eigenvalue weighted by Crippen LogP contribution is 2.38. The molecule has 2 aliphatic heterocycles. The quantitative estimate of drug-likeness (QED) is 0.858. The van der Waals surface area contributed by atoms with Crippen LogP contribution >= 0.6 is 0 Å². The molecule has 1 N–H and O–H groups in total. The molecule has 1 atom stereocenters. The Labute approximate surface area is 102 Å². The second-order valence-corrected chi connectivity index (χ2v) is 4.77. The molecule has 0 bridgehead atoms. The second kappa shape index (κ2) is 4.11. The van der Waals surface area contributed by atoms with Crippen molar-refractivity contribution in [3.8, 4) is 5.75 Å². The van der Waals surface area contributed by atoms with Gasteiger partial charge in [-0.3, -0.25) is 4.90 Å². The molecule has 0 radical (unpaired) electrons. The molecule has 0 spiro atoms. The number of nitrogens with one attached hydrogen (secondary N) is 1. The van der Waals surface area contributed by atoms with Gasteiger partial charge >= 0.3 is 0 Å². The van der Waals surface area contributed by atoms with Crippen LogP contribution in [0.3, 0.4) is 0 Å². The number of likely N-dealkylation sites (N-methyl/N-ethyl adjacent to an activating group) is 1. The first-order valence-corrected chi connectivity index (χ1v) is 6.21. The summed E-state index contributed by atoms with van der Waals surface area (Å²) in [5.41, 5.74) is 2.31. The van der Waals surface area contributed by atoms with E-state index in [0.717, 1.165) is 18.0 Å². The smallest absolute Gasteiger partial charge is 0.185 e. The fourth-order valence-corrected chi connectivity index (χ4v) is 2.37. The number of ether oxygens (including phenoxy) is 1. The van der Waals surface area contributed by atoms with Gasteiger partial charge in [0.15, 0.2) is 6.23 Å². The van der Waals surface area contributed by atoms with E-state index in [2.05, 4.69) is 34.3 Å². The lowest BCUT2D eigenvalue weighted by atomic mass is 10.2. The summed E-state index contributed by atoms with van der Waals surface area (Å²) in [5.74, 6) is 0.997. The highest BCUT2D eigenvalue weighted by atomic mass is 16.5. The molecule has 2 aliphatic rings. The van der Waals surface area contributed by atoms with Gasteiger partial charge in [-0.25, -0.2) is 0 Å². The Bertz CT molecular complexity index is 417. The first-order valence-electron chi connectivity index (χ1n) is 6.21. The van der Waals surface area contributed by atoms with E-state index in [9.17, 15) is 0 Å². The van der Waals surface area contributed by atoms with Gasteiger partial charge < -0.3 is 15.0 Å². The number of rotatable bonds is 3. The van der Waals surface area contributed by atoms with Crippen molar-refractivity contribution in [3.05, 3.63) is 18.2 Å². The maximum absolute atomic E-state index is 5.98. The molecule has 17 heavy (non-hydrogen) atoms. The van der Waals surface area contributed by atoms with Crippen LogP contribution in [0.15, 0.2) is 18.2 Å². The monoisotopic (exact) mass is 233 g/mol. The van der Waals surface area contributed by atoms with Crippen molar-refractivity contribution in [1.29, 1.82) is 0 Å². The van der Waals surface area contributed by atoms with Gasteiger partial charge in [0, 0.05) is 19.8 Å². The fourth-order valence-electron chi connectivity index (χ4n) is 2.37. The minimum Gasteiger partial charge on any atom is -0.467 e. The van der Waals surface area contributed by atoms with Gasteiger partial charge in [-0.05, 0) is 37.7 Å². The van der Waals surface area contributed by atoms with E-state index in [-0.39, 0.29) is 6.23 Å². The van der Waals surface area contributed by atoms with Crippen molar-refractivity contribution in [1.82, 2.24) is 4.90 Å².